The maximum Gasteiger partial charge on any atom is 0.123 e. The van der Waals surface area contributed by atoms with Gasteiger partial charge in [-0.2, -0.15) is 0 Å². The average Bonchev–Trinajstić information content (AvgIpc) is 2.41. The molecular weight excluding hydrogens is 269 g/mol. The van der Waals surface area contributed by atoms with Gasteiger partial charge < -0.3 is 5.32 Å². The second kappa shape index (κ2) is 5.69. The van der Waals surface area contributed by atoms with E-state index < -0.39 is 0 Å². The van der Waals surface area contributed by atoms with Crippen molar-refractivity contribution >= 4 is 11.8 Å². The van der Waals surface area contributed by atoms with Crippen LogP contribution in [-0.2, 0) is 0 Å². The standard InChI is InChI=1S/C17H24FNS/c1-17(2)9-4-3-5-16(17)19-14-8-10-20-15-7-6-12(18)11-13(14)15/h6-7,11,14,16,19H,3-5,8-10H2,1-2H3. The minimum atomic E-state index is -0.110. The number of nitrogens with one attached hydrogen (secondary N) is 1. The summed E-state index contributed by atoms with van der Waals surface area (Å²) >= 11 is 1.86. The van der Waals surface area contributed by atoms with Crippen molar-refractivity contribution in [1.82, 2.24) is 5.32 Å². The first-order valence-electron chi connectivity index (χ1n) is 7.74. The van der Waals surface area contributed by atoms with Gasteiger partial charge in [-0.25, -0.2) is 4.39 Å². The third-order valence-electron chi connectivity index (χ3n) is 4.92. The van der Waals surface area contributed by atoms with E-state index in [-0.39, 0.29) is 5.82 Å². The molecule has 0 bridgehead atoms. The highest BCUT2D eigenvalue weighted by Gasteiger charge is 2.34. The molecule has 2 unspecified atom stereocenters. The molecule has 1 heterocycles. The number of halogens is 1. The lowest BCUT2D eigenvalue weighted by molar-refractivity contribution is 0.153. The summed E-state index contributed by atoms with van der Waals surface area (Å²) in [6, 6.07) is 6.13. The second-order valence-corrected chi connectivity index (χ2v) is 7.96. The van der Waals surface area contributed by atoms with Crippen molar-refractivity contribution in [2.24, 2.45) is 5.41 Å². The molecule has 3 heteroatoms. The van der Waals surface area contributed by atoms with Crippen molar-refractivity contribution in [2.45, 2.75) is 62.9 Å². The minimum Gasteiger partial charge on any atom is -0.307 e. The van der Waals surface area contributed by atoms with Crippen molar-refractivity contribution in [3.8, 4) is 0 Å². The van der Waals surface area contributed by atoms with Gasteiger partial charge in [0.15, 0.2) is 0 Å². The number of thioether (sulfide) groups is 1. The molecular formula is C17H24FNS. The van der Waals surface area contributed by atoms with Gasteiger partial charge >= 0.3 is 0 Å². The Morgan fingerprint density at radius 2 is 2.10 bits per heavy atom. The van der Waals surface area contributed by atoms with Crippen LogP contribution in [-0.4, -0.2) is 11.8 Å². The van der Waals surface area contributed by atoms with Crippen LogP contribution in [0.3, 0.4) is 0 Å². The predicted molar refractivity (Wildman–Crippen MR) is 83.7 cm³/mol. The molecule has 0 spiro atoms. The van der Waals surface area contributed by atoms with Gasteiger partial charge in [0.05, 0.1) is 0 Å². The molecule has 0 saturated heterocycles. The van der Waals surface area contributed by atoms with Crippen LogP contribution in [0, 0.1) is 11.2 Å². The lowest BCUT2D eigenvalue weighted by atomic mass is 9.73. The van der Waals surface area contributed by atoms with E-state index in [1.807, 2.05) is 17.8 Å². The molecule has 0 amide bonds. The minimum absolute atomic E-state index is 0.110. The van der Waals surface area contributed by atoms with Crippen LogP contribution in [0.25, 0.3) is 0 Å². The molecule has 1 aromatic carbocycles. The molecule has 110 valence electrons. The zero-order chi connectivity index (χ0) is 14.2. The van der Waals surface area contributed by atoms with E-state index in [2.05, 4.69) is 19.2 Å². The molecule has 20 heavy (non-hydrogen) atoms. The summed E-state index contributed by atoms with van der Waals surface area (Å²) < 4.78 is 13.6. The Morgan fingerprint density at radius 3 is 2.90 bits per heavy atom. The van der Waals surface area contributed by atoms with Crippen molar-refractivity contribution in [3.05, 3.63) is 29.6 Å². The molecule has 2 aliphatic rings. The third-order valence-corrected chi connectivity index (χ3v) is 6.04. The Balaban J connectivity index is 1.80. The molecule has 1 aliphatic carbocycles. The topological polar surface area (TPSA) is 12.0 Å². The quantitative estimate of drug-likeness (QED) is 0.830. The Kier molecular flexibility index (Phi) is 4.09. The van der Waals surface area contributed by atoms with Crippen LogP contribution in [0.5, 0.6) is 0 Å². The Bertz CT molecular complexity index is 486. The van der Waals surface area contributed by atoms with Gasteiger partial charge in [0.1, 0.15) is 5.82 Å². The summed E-state index contributed by atoms with van der Waals surface area (Å²) in [5, 5.41) is 3.85. The predicted octanol–water partition coefficient (Wildman–Crippen LogP) is 4.92. The Hall–Kier alpha value is -0.540. The van der Waals surface area contributed by atoms with Crippen LogP contribution in [0.2, 0.25) is 0 Å². The maximum absolute atomic E-state index is 13.6. The van der Waals surface area contributed by atoms with Gasteiger partial charge in [-0.3, -0.25) is 0 Å². The lowest BCUT2D eigenvalue weighted by Gasteiger charge is -2.42. The van der Waals surface area contributed by atoms with Gasteiger partial charge in [-0.15, -0.1) is 11.8 Å². The monoisotopic (exact) mass is 293 g/mol. The molecule has 1 fully saturated rings. The summed E-state index contributed by atoms with van der Waals surface area (Å²) in [6.07, 6.45) is 6.31. The summed E-state index contributed by atoms with van der Waals surface area (Å²) in [5.41, 5.74) is 1.53. The first kappa shape index (κ1) is 14.4. The number of benzene rings is 1. The molecule has 1 N–H and O–H groups in total. The number of rotatable bonds is 2. The van der Waals surface area contributed by atoms with Crippen LogP contribution >= 0.6 is 11.8 Å². The zero-order valence-corrected chi connectivity index (χ0v) is 13.2. The normalized spacial score (nSPS) is 28.9. The fraction of sp³-hybridized carbons (Fsp3) is 0.647. The molecule has 2 atom stereocenters. The summed E-state index contributed by atoms with van der Waals surface area (Å²) in [6.45, 7) is 4.74. The van der Waals surface area contributed by atoms with Crippen LogP contribution in [0.1, 0.15) is 57.6 Å². The van der Waals surface area contributed by atoms with Crippen molar-refractivity contribution < 1.29 is 4.39 Å². The molecule has 1 aliphatic heterocycles. The highest BCUT2D eigenvalue weighted by Crippen LogP contribution is 2.40. The fourth-order valence-corrected chi connectivity index (χ4v) is 4.69. The summed E-state index contributed by atoms with van der Waals surface area (Å²) in [7, 11) is 0. The average molecular weight is 293 g/mol. The van der Waals surface area contributed by atoms with Crippen LogP contribution < -0.4 is 5.32 Å². The zero-order valence-electron chi connectivity index (χ0n) is 12.4. The highest BCUT2D eigenvalue weighted by molar-refractivity contribution is 7.99. The van der Waals surface area contributed by atoms with Gasteiger partial charge in [0.25, 0.3) is 0 Å². The van der Waals surface area contributed by atoms with Gasteiger partial charge in [-0.05, 0) is 54.2 Å². The van der Waals surface area contributed by atoms with E-state index in [1.54, 1.807) is 12.1 Å². The summed E-state index contributed by atoms with van der Waals surface area (Å²) in [5.74, 6) is 1.02. The largest absolute Gasteiger partial charge is 0.307 e. The summed E-state index contributed by atoms with van der Waals surface area (Å²) in [4.78, 5) is 1.25. The van der Waals surface area contributed by atoms with E-state index in [1.165, 1.54) is 36.1 Å². The second-order valence-electron chi connectivity index (χ2n) is 6.83. The molecule has 0 aromatic heterocycles. The SMILES string of the molecule is CC1(C)CCCCC1NC1CCSc2ccc(F)cc21. The molecule has 1 saturated carbocycles. The van der Waals surface area contributed by atoms with E-state index >= 15 is 0 Å². The van der Waals surface area contributed by atoms with Crippen molar-refractivity contribution in [2.75, 3.05) is 5.75 Å². The molecule has 0 radical (unpaired) electrons. The Morgan fingerprint density at radius 1 is 1.25 bits per heavy atom. The lowest BCUT2D eigenvalue weighted by Crippen LogP contribution is -2.46. The molecule has 3 rings (SSSR count). The molecule has 1 aromatic rings. The fourth-order valence-electron chi connectivity index (χ4n) is 3.58. The van der Waals surface area contributed by atoms with Crippen molar-refractivity contribution in [1.29, 1.82) is 0 Å². The number of fused-ring (bicyclic) bond motifs is 1. The van der Waals surface area contributed by atoms with Crippen molar-refractivity contribution in [3.63, 3.8) is 0 Å². The smallest absolute Gasteiger partial charge is 0.123 e. The molecule has 1 nitrogen and oxygen atoms in total. The maximum atomic E-state index is 13.6. The Labute approximate surface area is 125 Å². The first-order valence-corrected chi connectivity index (χ1v) is 8.73. The van der Waals surface area contributed by atoms with Crippen LogP contribution in [0.4, 0.5) is 4.39 Å². The highest BCUT2D eigenvalue weighted by atomic mass is 32.2. The van der Waals surface area contributed by atoms with Gasteiger partial charge in [-0.1, -0.05) is 26.7 Å². The van der Waals surface area contributed by atoms with Gasteiger partial charge in [0.2, 0.25) is 0 Å². The van der Waals surface area contributed by atoms with E-state index in [9.17, 15) is 4.39 Å². The van der Waals surface area contributed by atoms with E-state index in [0.29, 0.717) is 17.5 Å². The number of hydrogen-bond acceptors (Lipinski definition) is 2. The van der Waals surface area contributed by atoms with Gasteiger partial charge in [0, 0.05) is 17.0 Å². The number of hydrogen-bond donors (Lipinski definition) is 1. The first-order chi connectivity index (χ1) is 9.56. The third kappa shape index (κ3) is 2.89. The van der Waals surface area contributed by atoms with E-state index in [4.69, 9.17) is 0 Å². The van der Waals surface area contributed by atoms with Crippen LogP contribution in [0.15, 0.2) is 23.1 Å². The van der Waals surface area contributed by atoms with E-state index in [0.717, 1.165) is 12.2 Å².